The lowest BCUT2D eigenvalue weighted by Gasteiger charge is -1.91. The zero-order valence-electron chi connectivity index (χ0n) is 7.77. The number of pyridine rings is 1. The average molecular weight is 183 g/mol. The first-order chi connectivity index (χ1) is 6.35. The lowest BCUT2D eigenvalue weighted by atomic mass is 10.3. The summed E-state index contributed by atoms with van der Waals surface area (Å²) in [6.07, 6.45) is 6.75. The Morgan fingerprint density at radius 1 is 1.31 bits per heavy atom. The van der Waals surface area contributed by atoms with Crippen LogP contribution in [0.3, 0.4) is 0 Å². The maximum atomic E-state index is 8.12. The molecule has 0 aromatic carbocycles. The monoisotopic (exact) mass is 183 g/mol. The van der Waals surface area contributed by atoms with Crippen molar-refractivity contribution in [2.24, 2.45) is 0 Å². The summed E-state index contributed by atoms with van der Waals surface area (Å²) in [5.41, 5.74) is 0. The Kier molecular flexibility index (Phi) is 7.68. The zero-order chi connectivity index (χ0) is 9.94. The fourth-order valence-corrected chi connectivity index (χ4v) is 0.924. The molecule has 0 amide bonds. The molecule has 1 heterocycles. The molecule has 1 rings (SSSR count). The van der Waals surface area contributed by atoms with Crippen LogP contribution in [0.4, 0.5) is 0 Å². The number of rotatable bonds is 3. The van der Waals surface area contributed by atoms with Gasteiger partial charge in [0.05, 0.1) is 0 Å². The first kappa shape index (κ1) is 11.6. The summed E-state index contributed by atoms with van der Waals surface area (Å²) in [6.45, 7) is 3.36. The van der Waals surface area contributed by atoms with Crippen molar-refractivity contribution >= 4 is 0 Å². The van der Waals surface area contributed by atoms with E-state index < -0.39 is 0 Å². The van der Waals surface area contributed by atoms with E-state index in [-0.39, 0.29) is 5.34 Å². The van der Waals surface area contributed by atoms with E-state index in [0.29, 0.717) is 0 Å². The molecule has 13 heavy (non-hydrogen) atoms. The first-order valence-corrected chi connectivity index (χ1v) is 4.28. The van der Waals surface area contributed by atoms with Crippen LogP contribution < -0.4 is 9.91 Å². The van der Waals surface area contributed by atoms with Crippen molar-refractivity contribution in [3.8, 4) is 0 Å². The van der Waals surface area contributed by atoms with Gasteiger partial charge in [0.1, 0.15) is 6.54 Å². The largest absolute Gasteiger partial charge is 0.267 e. The highest BCUT2D eigenvalue weighted by atomic mass is 16.6. The SMILES string of the molecule is CCCC[n+]1ccccc1.O=[NH+][O-]. The van der Waals surface area contributed by atoms with Crippen LogP contribution in [0.1, 0.15) is 19.8 Å². The summed E-state index contributed by atoms with van der Waals surface area (Å²) >= 11 is 0. The molecule has 0 atom stereocenters. The van der Waals surface area contributed by atoms with E-state index >= 15 is 0 Å². The summed E-state index contributed by atoms with van der Waals surface area (Å²) in [6, 6.07) is 6.17. The number of hydrogen-bond donors (Lipinski definition) is 1. The minimum atomic E-state index is 0.250. The number of unbranched alkanes of at least 4 members (excludes halogenated alkanes) is 1. The van der Waals surface area contributed by atoms with Crippen LogP contribution in [0.2, 0.25) is 0 Å². The second-order valence-electron chi connectivity index (χ2n) is 2.55. The molecule has 0 unspecified atom stereocenters. The van der Waals surface area contributed by atoms with E-state index in [0.717, 1.165) is 6.54 Å². The van der Waals surface area contributed by atoms with Crippen molar-refractivity contribution in [3.05, 3.63) is 40.7 Å². The minimum absolute atomic E-state index is 0.250. The van der Waals surface area contributed by atoms with E-state index in [1.54, 1.807) is 0 Å². The van der Waals surface area contributed by atoms with Gasteiger partial charge < -0.3 is 0 Å². The van der Waals surface area contributed by atoms with Gasteiger partial charge in [-0.15, -0.1) is 0 Å². The second-order valence-corrected chi connectivity index (χ2v) is 2.55. The Morgan fingerprint density at radius 3 is 2.31 bits per heavy atom. The predicted octanol–water partition coefficient (Wildman–Crippen LogP) is 0.105. The molecule has 0 saturated carbocycles. The standard InChI is InChI=1S/C9H14N.HNO2/c1-2-3-7-10-8-5-4-6-9-10;2-1-3/h4-6,8-9H,2-3,7H2,1H3;1H/q+1;. The van der Waals surface area contributed by atoms with Crippen LogP contribution in [-0.4, -0.2) is 0 Å². The normalized spacial score (nSPS) is 8.38. The summed E-state index contributed by atoms with van der Waals surface area (Å²) in [5, 5.41) is 8.38. The molecule has 1 aromatic rings. The third-order valence-corrected chi connectivity index (χ3v) is 1.55. The Bertz CT molecular complexity index is 214. The summed E-state index contributed by atoms with van der Waals surface area (Å²) in [4.78, 5) is 8.12. The fourth-order valence-electron chi connectivity index (χ4n) is 0.924. The maximum Gasteiger partial charge on any atom is 0.168 e. The summed E-state index contributed by atoms with van der Waals surface area (Å²) < 4.78 is 2.21. The van der Waals surface area contributed by atoms with Crippen molar-refractivity contribution in [3.63, 3.8) is 0 Å². The Morgan fingerprint density at radius 2 is 1.85 bits per heavy atom. The van der Waals surface area contributed by atoms with Gasteiger partial charge in [0.2, 0.25) is 0 Å². The molecular formula is C9H15N2O2+. The van der Waals surface area contributed by atoms with Crippen molar-refractivity contribution in [1.82, 2.24) is 0 Å². The Hall–Kier alpha value is -1.45. The molecule has 0 radical (unpaired) electrons. The van der Waals surface area contributed by atoms with Crippen LogP contribution in [0, 0.1) is 10.1 Å². The smallest absolute Gasteiger partial charge is 0.168 e. The molecule has 4 heteroatoms. The molecule has 0 aliphatic carbocycles. The second kappa shape index (κ2) is 8.64. The van der Waals surface area contributed by atoms with Gasteiger partial charge >= 0.3 is 0 Å². The quantitative estimate of drug-likeness (QED) is 0.410. The first-order valence-electron chi connectivity index (χ1n) is 4.28. The summed E-state index contributed by atoms with van der Waals surface area (Å²) in [7, 11) is 0. The van der Waals surface area contributed by atoms with Gasteiger partial charge in [-0.25, -0.2) is 4.57 Å². The molecule has 1 N–H and O–H groups in total. The molecule has 1 aromatic heterocycles. The molecule has 72 valence electrons. The number of aryl methyl sites for hydroxylation is 1. The van der Waals surface area contributed by atoms with Crippen molar-refractivity contribution < 1.29 is 9.91 Å². The molecule has 0 fully saturated rings. The molecule has 0 bridgehead atoms. The van der Waals surface area contributed by atoms with Crippen molar-refractivity contribution in [2.75, 3.05) is 0 Å². The Balaban J connectivity index is 0.000000424. The molecule has 4 nitrogen and oxygen atoms in total. The van der Waals surface area contributed by atoms with E-state index in [2.05, 4.69) is 36.0 Å². The number of nitrogens with zero attached hydrogens (tertiary/aromatic N) is 1. The van der Waals surface area contributed by atoms with Gasteiger partial charge in [0.15, 0.2) is 12.4 Å². The Labute approximate surface area is 77.8 Å². The number of aromatic nitrogens is 1. The lowest BCUT2D eigenvalue weighted by Crippen LogP contribution is -2.53. The van der Waals surface area contributed by atoms with Crippen molar-refractivity contribution in [1.29, 1.82) is 0 Å². The van der Waals surface area contributed by atoms with Gasteiger partial charge in [-0.05, 0) is 0 Å². The van der Waals surface area contributed by atoms with Crippen LogP contribution in [0.5, 0.6) is 0 Å². The topological polar surface area (TPSA) is 58.0 Å². The van der Waals surface area contributed by atoms with Crippen molar-refractivity contribution in [2.45, 2.75) is 26.3 Å². The molecule has 0 saturated heterocycles. The molecule has 0 spiro atoms. The zero-order valence-corrected chi connectivity index (χ0v) is 7.77. The predicted molar refractivity (Wildman–Crippen MR) is 49.2 cm³/mol. The van der Waals surface area contributed by atoms with Gasteiger partial charge in [-0.1, -0.05) is 19.4 Å². The molecular weight excluding hydrogens is 168 g/mol. The fraction of sp³-hybridized carbons (Fsp3) is 0.444. The third kappa shape index (κ3) is 6.93. The van der Waals surface area contributed by atoms with Gasteiger partial charge in [-0.3, -0.25) is 10.1 Å². The van der Waals surface area contributed by atoms with Crippen LogP contribution in [0.15, 0.2) is 30.6 Å². The highest BCUT2D eigenvalue weighted by Gasteiger charge is 1.93. The van der Waals surface area contributed by atoms with Crippen LogP contribution >= 0.6 is 0 Å². The highest BCUT2D eigenvalue weighted by molar-refractivity contribution is 4.83. The van der Waals surface area contributed by atoms with E-state index in [1.807, 2.05) is 6.07 Å². The lowest BCUT2D eigenvalue weighted by molar-refractivity contribution is -0.697. The van der Waals surface area contributed by atoms with Gasteiger partial charge in [-0.2, -0.15) is 0 Å². The maximum absolute atomic E-state index is 8.12. The van der Waals surface area contributed by atoms with E-state index in [9.17, 15) is 0 Å². The molecule has 0 aliphatic heterocycles. The van der Waals surface area contributed by atoms with E-state index in [1.165, 1.54) is 12.8 Å². The molecule has 0 aliphatic rings. The summed E-state index contributed by atoms with van der Waals surface area (Å²) in [5.74, 6) is 0. The minimum Gasteiger partial charge on any atom is -0.267 e. The van der Waals surface area contributed by atoms with Crippen LogP contribution in [-0.2, 0) is 6.54 Å². The highest BCUT2D eigenvalue weighted by Crippen LogP contribution is 1.85. The number of nitrogens with one attached hydrogen (secondary N) is 1. The third-order valence-electron chi connectivity index (χ3n) is 1.55. The number of hydrogen-bond acceptors (Lipinski definition) is 2. The van der Waals surface area contributed by atoms with Crippen LogP contribution in [0.25, 0.3) is 0 Å². The van der Waals surface area contributed by atoms with Gasteiger partial charge in [0.25, 0.3) is 0 Å². The average Bonchev–Trinajstić information content (AvgIpc) is 2.18. The van der Waals surface area contributed by atoms with Gasteiger partial charge in [0, 0.05) is 23.9 Å². The van der Waals surface area contributed by atoms with E-state index in [4.69, 9.17) is 10.1 Å².